The second-order valence-corrected chi connectivity index (χ2v) is 8.96. The average Bonchev–Trinajstić information content (AvgIpc) is 3.18. The van der Waals surface area contributed by atoms with E-state index in [1.54, 1.807) is 6.92 Å². The maximum Gasteiger partial charge on any atom is 0.337 e. The molecule has 0 unspecified atom stereocenters. The fourth-order valence-corrected chi connectivity index (χ4v) is 4.43. The van der Waals surface area contributed by atoms with Crippen LogP contribution in [0.2, 0.25) is 0 Å². The van der Waals surface area contributed by atoms with Gasteiger partial charge in [-0.25, -0.2) is 19.3 Å². The fraction of sp³-hybridized carbons (Fsp3) is 0.214. The predicted molar refractivity (Wildman–Crippen MR) is 136 cm³/mol. The number of hydrogen-bond acceptors (Lipinski definition) is 5. The molecule has 5 rings (SSSR count). The molecule has 5 aromatic rings. The van der Waals surface area contributed by atoms with Gasteiger partial charge in [0.2, 0.25) is 5.89 Å². The Hall–Kier alpha value is -4.26. The van der Waals surface area contributed by atoms with Crippen LogP contribution in [0.4, 0.5) is 0 Å². The van der Waals surface area contributed by atoms with E-state index in [0.717, 1.165) is 27.9 Å². The molecule has 3 heterocycles. The van der Waals surface area contributed by atoms with E-state index < -0.39 is 11.2 Å². The van der Waals surface area contributed by atoms with Crippen molar-refractivity contribution in [3.8, 4) is 17.1 Å². The quantitative estimate of drug-likeness (QED) is 0.380. The summed E-state index contributed by atoms with van der Waals surface area (Å²) >= 11 is 0. The minimum atomic E-state index is -0.470. The summed E-state index contributed by atoms with van der Waals surface area (Å²) in [6.45, 7) is 9.52. The highest BCUT2D eigenvalue weighted by atomic mass is 16.4. The van der Waals surface area contributed by atoms with Gasteiger partial charge < -0.3 is 4.42 Å². The van der Waals surface area contributed by atoms with Gasteiger partial charge in [0, 0.05) is 11.3 Å². The standard InChI is InChI=1S/C28H26N4O3/c1-16-11-12-17(2)22(13-16)26-30-23(20(5)35-26)15-31-27(33)24-18(3)14-19(4)29-25(24)32(28(31)34)21-9-7-6-8-10-21/h6-14H,15H2,1-5H3. The number of nitrogens with zero attached hydrogens (tertiary/aromatic N) is 4. The van der Waals surface area contributed by atoms with Gasteiger partial charge in [-0.1, -0.05) is 35.9 Å². The predicted octanol–water partition coefficient (Wildman–Crippen LogP) is 4.79. The Labute approximate surface area is 202 Å². The molecule has 0 saturated carbocycles. The van der Waals surface area contributed by atoms with Crippen molar-refractivity contribution in [2.45, 2.75) is 41.2 Å². The van der Waals surface area contributed by atoms with Crippen LogP contribution >= 0.6 is 0 Å². The lowest BCUT2D eigenvalue weighted by Crippen LogP contribution is -2.40. The van der Waals surface area contributed by atoms with Crippen LogP contribution in [0.25, 0.3) is 28.2 Å². The SMILES string of the molecule is Cc1ccc(C)c(-c2nc(Cn3c(=O)c4c(C)cc(C)nc4n(-c4ccccc4)c3=O)c(C)o2)c1. The van der Waals surface area contributed by atoms with Gasteiger partial charge >= 0.3 is 5.69 Å². The molecule has 7 nitrogen and oxygen atoms in total. The van der Waals surface area contributed by atoms with E-state index in [1.807, 2.05) is 82.3 Å². The zero-order chi connectivity index (χ0) is 24.9. The molecule has 0 radical (unpaired) electrons. The normalized spacial score (nSPS) is 11.3. The number of para-hydroxylation sites is 1. The summed E-state index contributed by atoms with van der Waals surface area (Å²) in [4.78, 5) is 36.6. The Bertz CT molecular complexity index is 1710. The Kier molecular flexibility index (Phi) is 5.47. The van der Waals surface area contributed by atoms with E-state index in [0.29, 0.717) is 34.1 Å². The first-order valence-corrected chi connectivity index (χ1v) is 11.5. The molecule has 0 saturated heterocycles. The fourth-order valence-electron chi connectivity index (χ4n) is 4.43. The van der Waals surface area contributed by atoms with E-state index in [9.17, 15) is 9.59 Å². The first kappa shape index (κ1) is 22.5. The van der Waals surface area contributed by atoms with Crippen LogP contribution in [-0.2, 0) is 6.54 Å². The van der Waals surface area contributed by atoms with Crippen molar-refractivity contribution in [1.82, 2.24) is 19.1 Å². The number of benzene rings is 2. The number of aryl methyl sites for hydroxylation is 5. The minimum absolute atomic E-state index is 0.00600. The number of fused-ring (bicyclic) bond motifs is 1. The van der Waals surface area contributed by atoms with Gasteiger partial charge in [-0.05, 0) is 70.0 Å². The van der Waals surface area contributed by atoms with E-state index in [4.69, 9.17) is 4.42 Å². The number of oxazole rings is 1. The van der Waals surface area contributed by atoms with Crippen molar-refractivity contribution < 1.29 is 4.42 Å². The summed E-state index contributed by atoms with van der Waals surface area (Å²) < 4.78 is 8.70. The lowest BCUT2D eigenvalue weighted by atomic mass is 10.1. The van der Waals surface area contributed by atoms with Crippen LogP contribution in [0, 0.1) is 34.6 Å². The summed E-state index contributed by atoms with van der Waals surface area (Å²) in [5, 5.41) is 0.412. The van der Waals surface area contributed by atoms with Crippen molar-refractivity contribution in [3.05, 3.63) is 109 Å². The lowest BCUT2D eigenvalue weighted by molar-refractivity contribution is 0.536. The third-order valence-corrected chi connectivity index (χ3v) is 6.26. The lowest BCUT2D eigenvalue weighted by Gasteiger charge is -2.15. The topological polar surface area (TPSA) is 82.9 Å². The highest BCUT2D eigenvalue weighted by molar-refractivity contribution is 5.79. The molecule has 2 aromatic carbocycles. The van der Waals surface area contributed by atoms with E-state index in [1.165, 1.54) is 9.13 Å². The maximum absolute atomic E-state index is 13.7. The van der Waals surface area contributed by atoms with Gasteiger partial charge in [-0.15, -0.1) is 0 Å². The van der Waals surface area contributed by atoms with Gasteiger partial charge in [-0.2, -0.15) is 0 Å². The molecule has 0 fully saturated rings. The van der Waals surface area contributed by atoms with Gasteiger partial charge in [0.05, 0.1) is 17.6 Å². The van der Waals surface area contributed by atoms with Crippen LogP contribution in [-0.4, -0.2) is 19.1 Å². The largest absolute Gasteiger partial charge is 0.441 e. The van der Waals surface area contributed by atoms with Crippen LogP contribution in [0.15, 0.2) is 68.6 Å². The van der Waals surface area contributed by atoms with E-state index in [-0.39, 0.29) is 6.54 Å². The van der Waals surface area contributed by atoms with Gasteiger partial charge in [0.15, 0.2) is 5.65 Å². The second-order valence-electron chi connectivity index (χ2n) is 8.96. The molecule has 0 aliphatic rings. The zero-order valence-electron chi connectivity index (χ0n) is 20.4. The maximum atomic E-state index is 13.7. The van der Waals surface area contributed by atoms with Crippen molar-refractivity contribution in [2.24, 2.45) is 0 Å². The summed E-state index contributed by atoms with van der Waals surface area (Å²) in [5.41, 5.74) is 5.20. The van der Waals surface area contributed by atoms with Gasteiger partial charge in [0.1, 0.15) is 11.5 Å². The second kappa shape index (κ2) is 8.51. The first-order valence-electron chi connectivity index (χ1n) is 11.5. The highest BCUT2D eigenvalue weighted by Gasteiger charge is 2.21. The molecule has 176 valence electrons. The third kappa shape index (κ3) is 3.89. The molecule has 0 aliphatic heterocycles. The molecule has 3 aromatic heterocycles. The van der Waals surface area contributed by atoms with Crippen molar-refractivity contribution >= 4 is 11.0 Å². The Morgan fingerprint density at radius 3 is 2.34 bits per heavy atom. The minimum Gasteiger partial charge on any atom is -0.441 e. The smallest absolute Gasteiger partial charge is 0.337 e. The molecule has 7 heteroatoms. The molecule has 35 heavy (non-hydrogen) atoms. The van der Waals surface area contributed by atoms with Crippen LogP contribution in [0.1, 0.15) is 33.8 Å². The Morgan fingerprint density at radius 1 is 0.857 bits per heavy atom. The van der Waals surface area contributed by atoms with Crippen LogP contribution < -0.4 is 11.2 Å². The number of pyridine rings is 1. The summed E-state index contributed by atoms with van der Waals surface area (Å²) in [7, 11) is 0. The van der Waals surface area contributed by atoms with Crippen molar-refractivity contribution in [1.29, 1.82) is 0 Å². The average molecular weight is 467 g/mol. The monoisotopic (exact) mass is 466 g/mol. The van der Waals surface area contributed by atoms with Crippen molar-refractivity contribution in [3.63, 3.8) is 0 Å². The molecule has 0 spiro atoms. The van der Waals surface area contributed by atoms with Gasteiger partial charge in [-0.3, -0.25) is 9.36 Å². The molecular formula is C28H26N4O3. The molecule has 0 bridgehead atoms. The Morgan fingerprint density at radius 2 is 1.60 bits per heavy atom. The molecule has 0 N–H and O–H groups in total. The number of rotatable bonds is 4. The summed E-state index contributed by atoms with van der Waals surface area (Å²) in [6.07, 6.45) is 0. The summed E-state index contributed by atoms with van der Waals surface area (Å²) in [6, 6.07) is 17.2. The molecule has 0 amide bonds. The van der Waals surface area contributed by atoms with Crippen LogP contribution in [0.5, 0.6) is 0 Å². The van der Waals surface area contributed by atoms with Crippen LogP contribution in [0.3, 0.4) is 0 Å². The summed E-state index contributed by atoms with van der Waals surface area (Å²) in [5.74, 6) is 1.04. The van der Waals surface area contributed by atoms with E-state index in [2.05, 4.69) is 9.97 Å². The van der Waals surface area contributed by atoms with E-state index >= 15 is 0 Å². The number of aromatic nitrogens is 4. The first-order chi connectivity index (χ1) is 16.7. The highest BCUT2D eigenvalue weighted by Crippen LogP contribution is 2.26. The van der Waals surface area contributed by atoms with Gasteiger partial charge in [0.25, 0.3) is 5.56 Å². The van der Waals surface area contributed by atoms with Crippen molar-refractivity contribution in [2.75, 3.05) is 0 Å². The number of hydrogen-bond donors (Lipinski definition) is 0. The zero-order valence-corrected chi connectivity index (χ0v) is 20.4. The Balaban J connectivity index is 1.73. The molecular weight excluding hydrogens is 440 g/mol. The molecule has 0 aliphatic carbocycles. The molecule has 0 atom stereocenters. The third-order valence-electron chi connectivity index (χ3n) is 6.26.